The number of carbonyl (C=O) groups is 1. The van der Waals surface area contributed by atoms with Crippen LogP contribution in [0.5, 0.6) is 0 Å². The van der Waals surface area contributed by atoms with Gasteiger partial charge in [-0.25, -0.2) is 9.79 Å². The molecule has 0 radical (unpaired) electrons. The molecule has 0 fully saturated rings. The van der Waals surface area contributed by atoms with Crippen molar-refractivity contribution in [3.05, 3.63) is 11.9 Å². The van der Waals surface area contributed by atoms with Gasteiger partial charge in [0, 0.05) is 12.2 Å². The van der Waals surface area contributed by atoms with Crippen LogP contribution in [0.4, 0.5) is 4.79 Å². The molecule has 116 valence electrons. The zero-order valence-electron chi connectivity index (χ0n) is 12.8. The third-order valence-electron chi connectivity index (χ3n) is 2.04. The number of amides is 1. The van der Waals surface area contributed by atoms with Gasteiger partial charge in [-0.15, -0.1) is 0 Å². The van der Waals surface area contributed by atoms with E-state index in [0.29, 0.717) is 11.7 Å². The van der Waals surface area contributed by atoms with Gasteiger partial charge in [0.25, 0.3) is 0 Å². The van der Waals surface area contributed by atoms with Crippen LogP contribution < -0.4 is 22.1 Å². The van der Waals surface area contributed by atoms with Crippen LogP contribution in [0.3, 0.4) is 0 Å². The lowest BCUT2D eigenvalue weighted by atomic mass is 10.2. The maximum atomic E-state index is 11.4. The van der Waals surface area contributed by atoms with E-state index in [1.807, 2.05) is 0 Å². The zero-order chi connectivity index (χ0) is 15.6. The largest absolute Gasteiger partial charge is 0.444 e. The number of aliphatic imine (C=N–C) groups is 1. The SMILES string of the molecule is CCCCN/C(N)=N/C=C(\N)CNC(=O)OC(C)(C)C. The fourth-order valence-electron chi connectivity index (χ4n) is 1.13. The quantitative estimate of drug-likeness (QED) is 0.330. The van der Waals surface area contributed by atoms with Crippen molar-refractivity contribution in [2.75, 3.05) is 13.1 Å². The summed E-state index contributed by atoms with van der Waals surface area (Å²) in [5.41, 5.74) is 11.2. The predicted octanol–water partition coefficient (Wildman–Crippen LogP) is 1.02. The molecule has 0 saturated heterocycles. The first-order valence-electron chi connectivity index (χ1n) is 6.73. The first-order valence-corrected chi connectivity index (χ1v) is 6.73. The molecule has 0 saturated carbocycles. The van der Waals surface area contributed by atoms with E-state index in [1.54, 1.807) is 20.8 Å². The summed E-state index contributed by atoms with van der Waals surface area (Å²) in [7, 11) is 0. The van der Waals surface area contributed by atoms with E-state index in [9.17, 15) is 4.79 Å². The molecule has 20 heavy (non-hydrogen) atoms. The molecule has 0 aliphatic heterocycles. The molecule has 0 heterocycles. The lowest BCUT2D eigenvalue weighted by Gasteiger charge is -2.19. The molecular formula is C13H27N5O2. The highest BCUT2D eigenvalue weighted by Crippen LogP contribution is 2.06. The van der Waals surface area contributed by atoms with Crippen molar-refractivity contribution in [3.8, 4) is 0 Å². The van der Waals surface area contributed by atoms with E-state index in [0.717, 1.165) is 19.4 Å². The molecule has 6 N–H and O–H groups in total. The Kier molecular flexibility index (Phi) is 8.19. The molecule has 7 heteroatoms. The summed E-state index contributed by atoms with van der Waals surface area (Å²) in [6.45, 7) is 8.39. The molecule has 0 aliphatic carbocycles. The van der Waals surface area contributed by atoms with Gasteiger partial charge in [-0.05, 0) is 27.2 Å². The molecule has 0 unspecified atom stereocenters. The van der Waals surface area contributed by atoms with Crippen molar-refractivity contribution < 1.29 is 9.53 Å². The third kappa shape index (κ3) is 11.2. The number of hydrogen-bond acceptors (Lipinski definition) is 4. The molecule has 0 spiro atoms. The molecule has 0 aromatic heterocycles. The van der Waals surface area contributed by atoms with Gasteiger partial charge < -0.3 is 26.8 Å². The minimum Gasteiger partial charge on any atom is -0.444 e. The lowest BCUT2D eigenvalue weighted by molar-refractivity contribution is 0.0532. The topological polar surface area (TPSA) is 115 Å². The second kappa shape index (κ2) is 9.06. The summed E-state index contributed by atoms with van der Waals surface area (Å²) < 4.78 is 5.07. The molecule has 7 nitrogen and oxygen atoms in total. The Morgan fingerprint density at radius 1 is 1.30 bits per heavy atom. The second-order valence-electron chi connectivity index (χ2n) is 5.35. The van der Waals surface area contributed by atoms with Gasteiger partial charge in [-0.3, -0.25) is 0 Å². The Bertz CT molecular complexity index is 358. The number of guanidine groups is 1. The zero-order valence-corrected chi connectivity index (χ0v) is 12.8. The van der Waals surface area contributed by atoms with E-state index < -0.39 is 11.7 Å². The Morgan fingerprint density at radius 2 is 1.95 bits per heavy atom. The maximum Gasteiger partial charge on any atom is 0.407 e. The van der Waals surface area contributed by atoms with Crippen molar-refractivity contribution in [1.82, 2.24) is 10.6 Å². The second-order valence-corrected chi connectivity index (χ2v) is 5.35. The van der Waals surface area contributed by atoms with E-state index in [-0.39, 0.29) is 6.54 Å². The number of unbranched alkanes of at least 4 members (excludes halogenated alkanes) is 1. The minimum absolute atomic E-state index is 0.153. The van der Waals surface area contributed by atoms with Gasteiger partial charge in [0.05, 0.1) is 12.7 Å². The number of ether oxygens (including phenoxy) is 1. The molecule has 0 aromatic carbocycles. The standard InChI is InChI=1S/C13H27N5O2/c1-5-6-7-16-11(15)17-8-10(14)9-18-12(19)20-13(2,3)4/h8H,5-7,9,14H2,1-4H3,(H,18,19)(H3,15,16,17)/b10-8-. The number of nitrogens with zero attached hydrogens (tertiary/aromatic N) is 1. The van der Waals surface area contributed by atoms with Crippen LogP contribution in [0.25, 0.3) is 0 Å². The average Bonchev–Trinajstić information content (AvgIpc) is 2.32. The number of hydrogen-bond donors (Lipinski definition) is 4. The summed E-state index contributed by atoms with van der Waals surface area (Å²) in [6, 6.07) is 0. The predicted molar refractivity (Wildman–Crippen MR) is 81.0 cm³/mol. The van der Waals surface area contributed by atoms with Crippen LogP contribution in [-0.4, -0.2) is 30.7 Å². The number of alkyl carbamates (subject to hydrolysis) is 1. The molecular weight excluding hydrogens is 258 g/mol. The summed E-state index contributed by atoms with van der Waals surface area (Å²) in [5, 5.41) is 5.48. The number of nitrogens with one attached hydrogen (secondary N) is 2. The Balaban J connectivity index is 4.07. The van der Waals surface area contributed by atoms with Crippen molar-refractivity contribution in [2.45, 2.75) is 46.1 Å². The monoisotopic (exact) mass is 285 g/mol. The van der Waals surface area contributed by atoms with Crippen LogP contribution in [0, 0.1) is 0 Å². The Labute approximate surface area is 120 Å². The van der Waals surface area contributed by atoms with Crippen molar-refractivity contribution in [1.29, 1.82) is 0 Å². The Morgan fingerprint density at radius 3 is 2.50 bits per heavy atom. The van der Waals surface area contributed by atoms with Gasteiger partial charge in [-0.2, -0.15) is 0 Å². The van der Waals surface area contributed by atoms with E-state index in [1.165, 1.54) is 6.20 Å². The van der Waals surface area contributed by atoms with E-state index in [4.69, 9.17) is 16.2 Å². The fourth-order valence-corrected chi connectivity index (χ4v) is 1.13. The van der Waals surface area contributed by atoms with E-state index in [2.05, 4.69) is 22.5 Å². The maximum absolute atomic E-state index is 11.4. The highest BCUT2D eigenvalue weighted by Gasteiger charge is 2.15. The third-order valence-corrected chi connectivity index (χ3v) is 2.04. The van der Waals surface area contributed by atoms with E-state index >= 15 is 0 Å². The van der Waals surface area contributed by atoms with Gasteiger partial charge in [-0.1, -0.05) is 13.3 Å². The van der Waals surface area contributed by atoms with Crippen LogP contribution in [0.2, 0.25) is 0 Å². The van der Waals surface area contributed by atoms with Crippen molar-refractivity contribution in [2.24, 2.45) is 16.5 Å². The first-order chi connectivity index (χ1) is 9.24. The number of rotatable bonds is 6. The van der Waals surface area contributed by atoms with Gasteiger partial charge in [0.2, 0.25) is 0 Å². The van der Waals surface area contributed by atoms with Crippen molar-refractivity contribution >= 4 is 12.1 Å². The normalized spacial score (nSPS) is 13.0. The summed E-state index contributed by atoms with van der Waals surface area (Å²) >= 11 is 0. The molecule has 0 atom stereocenters. The fraction of sp³-hybridized carbons (Fsp3) is 0.692. The highest BCUT2D eigenvalue weighted by molar-refractivity contribution is 5.78. The smallest absolute Gasteiger partial charge is 0.407 e. The van der Waals surface area contributed by atoms with Crippen molar-refractivity contribution in [3.63, 3.8) is 0 Å². The summed E-state index contributed by atoms with van der Waals surface area (Å²) in [5.74, 6) is 0.304. The minimum atomic E-state index is -0.533. The molecule has 0 rings (SSSR count). The molecule has 1 amide bonds. The number of carbonyl (C=O) groups excluding carboxylic acids is 1. The lowest BCUT2D eigenvalue weighted by Crippen LogP contribution is -2.34. The summed E-state index contributed by atoms with van der Waals surface area (Å²) in [4.78, 5) is 15.3. The van der Waals surface area contributed by atoms with Crippen LogP contribution in [0.1, 0.15) is 40.5 Å². The molecule has 0 bridgehead atoms. The van der Waals surface area contributed by atoms with Gasteiger partial charge in [0.1, 0.15) is 5.60 Å². The Hall–Kier alpha value is -1.92. The summed E-state index contributed by atoms with van der Waals surface area (Å²) in [6.07, 6.45) is 2.99. The van der Waals surface area contributed by atoms with Gasteiger partial charge in [0.15, 0.2) is 5.96 Å². The number of nitrogens with two attached hydrogens (primary N) is 2. The molecule has 0 aliphatic rings. The average molecular weight is 285 g/mol. The van der Waals surface area contributed by atoms with Crippen LogP contribution in [-0.2, 0) is 4.74 Å². The van der Waals surface area contributed by atoms with Crippen LogP contribution in [0.15, 0.2) is 16.9 Å². The highest BCUT2D eigenvalue weighted by atomic mass is 16.6. The van der Waals surface area contributed by atoms with Crippen LogP contribution >= 0.6 is 0 Å². The van der Waals surface area contributed by atoms with Gasteiger partial charge >= 0.3 is 6.09 Å². The molecule has 0 aromatic rings. The first kappa shape index (κ1) is 18.1.